The average molecular weight is 254 g/mol. The van der Waals surface area contributed by atoms with Gasteiger partial charge >= 0.3 is 5.97 Å². The third-order valence-electron chi connectivity index (χ3n) is 2.54. The van der Waals surface area contributed by atoms with E-state index in [0.29, 0.717) is 19.4 Å². The maximum absolute atomic E-state index is 11.3. The van der Waals surface area contributed by atoms with Gasteiger partial charge in [0.25, 0.3) is 0 Å². The van der Waals surface area contributed by atoms with Crippen molar-refractivity contribution < 1.29 is 14.3 Å². The topological polar surface area (TPSA) is 35.5 Å². The van der Waals surface area contributed by atoms with E-state index in [0.717, 1.165) is 21.8 Å². The van der Waals surface area contributed by atoms with Gasteiger partial charge < -0.3 is 9.47 Å². The zero-order valence-electron chi connectivity index (χ0n) is 10.4. The lowest BCUT2D eigenvalue weighted by Crippen LogP contribution is -2.06. The van der Waals surface area contributed by atoms with Crippen molar-refractivity contribution in [2.75, 3.05) is 13.7 Å². The van der Waals surface area contributed by atoms with Gasteiger partial charge in [-0.25, -0.2) is 0 Å². The minimum Gasteiger partial charge on any atom is -0.496 e. The first kappa shape index (κ1) is 13.9. The van der Waals surface area contributed by atoms with Gasteiger partial charge in [-0.2, -0.15) is 0 Å². The lowest BCUT2D eigenvalue weighted by atomic mass is 10.0. The summed E-state index contributed by atoms with van der Waals surface area (Å²) in [6, 6.07) is 3.87. The molecule has 0 aliphatic heterocycles. The molecule has 0 fully saturated rings. The van der Waals surface area contributed by atoms with Gasteiger partial charge in [-0.05, 0) is 43.5 Å². The van der Waals surface area contributed by atoms with Crippen molar-refractivity contribution in [2.24, 2.45) is 0 Å². The molecule has 0 saturated carbocycles. The lowest BCUT2D eigenvalue weighted by Gasteiger charge is -2.10. The molecule has 1 aromatic rings. The Hall–Kier alpha value is -1.16. The molecule has 0 spiro atoms. The van der Waals surface area contributed by atoms with Gasteiger partial charge in [0.15, 0.2) is 0 Å². The number of hydrogen-bond acceptors (Lipinski definition) is 4. The molecule has 0 aliphatic rings. The van der Waals surface area contributed by atoms with Crippen LogP contribution >= 0.6 is 12.6 Å². The van der Waals surface area contributed by atoms with E-state index in [2.05, 4.69) is 12.6 Å². The number of ether oxygens (including phenoxy) is 2. The number of rotatable bonds is 5. The van der Waals surface area contributed by atoms with Crippen LogP contribution in [0.5, 0.6) is 5.75 Å². The number of methoxy groups -OCH3 is 1. The second kappa shape index (κ2) is 6.55. The summed E-state index contributed by atoms with van der Waals surface area (Å²) in [6.45, 7) is 4.23. The Labute approximate surface area is 108 Å². The summed E-state index contributed by atoms with van der Waals surface area (Å²) in [5, 5.41) is 0. The van der Waals surface area contributed by atoms with E-state index >= 15 is 0 Å². The van der Waals surface area contributed by atoms with Crippen LogP contribution in [0.25, 0.3) is 0 Å². The fraction of sp³-hybridized carbons (Fsp3) is 0.462. The van der Waals surface area contributed by atoms with E-state index in [1.807, 2.05) is 26.0 Å². The zero-order valence-corrected chi connectivity index (χ0v) is 11.3. The highest BCUT2D eigenvalue weighted by atomic mass is 32.1. The van der Waals surface area contributed by atoms with E-state index in [1.165, 1.54) is 0 Å². The molecule has 94 valence electrons. The molecule has 0 atom stereocenters. The summed E-state index contributed by atoms with van der Waals surface area (Å²) in [6.07, 6.45) is 1.05. The van der Waals surface area contributed by atoms with Gasteiger partial charge in [0.2, 0.25) is 0 Å². The largest absolute Gasteiger partial charge is 0.496 e. The molecule has 0 radical (unpaired) electrons. The molecule has 0 unspecified atom stereocenters. The number of aryl methyl sites for hydroxylation is 2. The van der Waals surface area contributed by atoms with Crippen molar-refractivity contribution >= 4 is 18.6 Å². The number of carbonyl (C=O) groups excluding carboxylic acids is 1. The Kier molecular flexibility index (Phi) is 5.35. The van der Waals surface area contributed by atoms with Crippen molar-refractivity contribution in [3.8, 4) is 5.75 Å². The number of benzene rings is 1. The first-order valence-corrected chi connectivity index (χ1v) is 6.05. The third-order valence-corrected chi connectivity index (χ3v) is 2.89. The molecule has 4 heteroatoms. The first-order valence-electron chi connectivity index (χ1n) is 5.60. The molecular formula is C13H18O3S. The van der Waals surface area contributed by atoms with Crippen LogP contribution in [0.1, 0.15) is 24.5 Å². The van der Waals surface area contributed by atoms with Crippen LogP contribution < -0.4 is 4.74 Å². The molecule has 1 aromatic carbocycles. The predicted molar refractivity (Wildman–Crippen MR) is 69.9 cm³/mol. The van der Waals surface area contributed by atoms with E-state index in [1.54, 1.807) is 7.11 Å². The Morgan fingerprint density at radius 3 is 2.71 bits per heavy atom. The van der Waals surface area contributed by atoms with Gasteiger partial charge in [0.05, 0.1) is 13.7 Å². The van der Waals surface area contributed by atoms with Crippen LogP contribution in [0, 0.1) is 6.92 Å². The summed E-state index contributed by atoms with van der Waals surface area (Å²) in [5.74, 6) is 0.568. The van der Waals surface area contributed by atoms with E-state index in [4.69, 9.17) is 9.47 Å². The van der Waals surface area contributed by atoms with Crippen LogP contribution in [-0.2, 0) is 16.0 Å². The second-order valence-corrected chi connectivity index (χ2v) is 4.24. The van der Waals surface area contributed by atoms with Gasteiger partial charge in [-0.15, -0.1) is 12.6 Å². The summed E-state index contributed by atoms with van der Waals surface area (Å²) in [5.41, 5.74) is 2.20. The van der Waals surface area contributed by atoms with Gasteiger partial charge in [-0.1, -0.05) is 0 Å². The second-order valence-electron chi connectivity index (χ2n) is 3.76. The normalized spacial score (nSPS) is 10.1. The van der Waals surface area contributed by atoms with Crippen LogP contribution in [0.15, 0.2) is 17.0 Å². The van der Waals surface area contributed by atoms with Crippen molar-refractivity contribution in [2.45, 2.75) is 31.6 Å². The molecule has 1 rings (SSSR count). The van der Waals surface area contributed by atoms with E-state index in [9.17, 15) is 4.79 Å². The molecule has 0 heterocycles. The smallest absolute Gasteiger partial charge is 0.306 e. The standard InChI is InChI=1S/C13H18O3S/c1-4-16-13(14)6-5-10-8-11(15-3)12(17)7-9(10)2/h7-8,17H,4-6H2,1-3H3. The Bertz CT molecular complexity index is 402. The van der Waals surface area contributed by atoms with Crippen molar-refractivity contribution in [3.63, 3.8) is 0 Å². The highest BCUT2D eigenvalue weighted by molar-refractivity contribution is 7.80. The summed E-state index contributed by atoms with van der Waals surface area (Å²) in [7, 11) is 1.61. The molecule has 0 saturated heterocycles. The van der Waals surface area contributed by atoms with Gasteiger partial charge in [-0.3, -0.25) is 4.79 Å². The third kappa shape index (κ3) is 3.97. The zero-order chi connectivity index (χ0) is 12.8. The maximum Gasteiger partial charge on any atom is 0.306 e. The number of thiol groups is 1. The molecule has 17 heavy (non-hydrogen) atoms. The van der Waals surface area contributed by atoms with Crippen molar-refractivity contribution in [1.29, 1.82) is 0 Å². The van der Waals surface area contributed by atoms with Crippen molar-refractivity contribution in [3.05, 3.63) is 23.3 Å². The molecule has 0 aliphatic carbocycles. The number of hydrogen-bond donors (Lipinski definition) is 1. The predicted octanol–water partition coefficient (Wildman–Crippen LogP) is 2.79. The average Bonchev–Trinajstić information content (AvgIpc) is 2.28. The van der Waals surface area contributed by atoms with Crippen LogP contribution in [0.2, 0.25) is 0 Å². The Balaban J connectivity index is 2.74. The quantitative estimate of drug-likeness (QED) is 0.648. The highest BCUT2D eigenvalue weighted by Crippen LogP contribution is 2.27. The molecule has 0 amide bonds. The monoisotopic (exact) mass is 254 g/mol. The summed E-state index contributed by atoms with van der Waals surface area (Å²) >= 11 is 4.32. The highest BCUT2D eigenvalue weighted by Gasteiger charge is 2.08. The van der Waals surface area contributed by atoms with Gasteiger partial charge in [0.1, 0.15) is 5.75 Å². The van der Waals surface area contributed by atoms with E-state index < -0.39 is 0 Å². The maximum atomic E-state index is 11.3. The van der Waals surface area contributed by atoms with Crippen molar-refractivity contribution in [1.82, 2.24) is 0 Å². The molecule has 3 nitrogen and oxygen atoms in total. The number of esters is 1. The van der Waals surface area contributed by atoms with Gasteiger partial charge in [0, 0.05) is 11.3 Å². The molecule has 0 N–H and O–H groups in total. The van der Waals surface area contributed by atoms with Crippen LogP contribution in [0.3, 0.4) is 0 Å². The van der Waals surface area contributed by atoms with E-state index in [-0.39, 0.29) is 5.97 Å². The minimum atomic E-state index is -0.166. The Morgan fingerprint density at radius 1 is 1.41 bits per heavy atom. The first-order chi connectivity index (χ1) is 8.08. The van der Waals surface area contributed by atoms with Crippen LogP contribution in [-0.4, -0.2) is 19.7 Å². The fourth-order valence-corrected chi connectivity index (χ4v) is 1.97. The summed E-state index contributed by atoms with van der Waals surface area (Å²) in [4.78, 5) is 12.1. The lowest BCUT2D eigenvalue weighted by molar-refractivity contribution is -0.143. The fourth-order valence-electron chi connectivity index (χ4n) is 1.62. The summed E-state index contributed by atoms with van der Waals surface area (Å²) < 4.78 is 10.1. The Morgan fingerprint density at radius 2 is 2.12 bits per heavy atom. The van der Waals surface area contributed by atoms with Crippen LogP contribution in [0.4, 0.5) is 0 Å². The molecule has 0 bridgehead atoms. The SMILES string of the molecule is CCOC(=O)CCc1cc(OC)c(S)cc1C. The molecular weight excluding hydrogens is 236 g/mol. The minimum absolute atomic E-state index is 0.166. The molecule has 0 aromatic heterocycles. The number of carbonyl (C=O) groups is 1.